The van der Waals surface area contributed by atoms with Crippen molar-refractivity contribution in [2.45, 2.75) is 33.1 Å². The lowest BCUT2D eigenvalue weighted by Gasteiger charge is -2.24. The first-order chi connectivity index (χ1) is 13.5. The Morgan fingerprint density at radius 2 is 1.96 bits per heavy atom. The summed E-state index contributed by atoms with van der Waals surface area (Å²) in [5, 5.41) is 6.69. The van der Waals surface area contributed by atoms with Crippen LogP contribution in [0.3, 0.4) is 0 Å². The minimum atomic E-state index is -1.05. The zero-order chi connectivity index (χ0) is 20.1. The van der Waals surface area contributed by atoms with E-state index in [0.29, 0.717) is 12.5 Å². The van der Waals surface area contributed by atoms with Crippen molar-refractivity contribution >= 4 is 11.7 Å². The number of amides is 1. The van der Waals surface area contributed by atoms with E-state index in [0.717, 1.165) is 30.4 Å². The minimum Gasteiger partial charge on any atom is -0.394 e. The fourth-order valence-electron chi connectivity index (χ4n) is 3.12. The highest BCUT2D eigenvalue weighted by molar-refractivity contribution is 6.01. The largest absolute Gasteiger partial charge is 0.394 e. The zero-order valence-corrected chi connectivity index (χ0v) is 16.1. The molecule has 3 rings (SSSR count). The number of carbonyl (C=O) groups excluding carboxylic acids is 1. The summed E-state index contributed by atoms with van der Waals surface area (Å²) in [5.41, 5.74) is 0.818. The fraction of sp³-hybridized carbons (Fsp3) is 0.409. The van der Waals surface area contributed by atoms with Gasteiger partial charge in [-0.05, 0) is 36.5 Å². The molecule has 1 amide bonds. The molecule has 4 nitrogen and oxygen atoms in total. The normalized spacial score (nSPS) is 22.2. The molecule has 1 aromatic carbocycles. The number of amidine groups is 1. The van der Waals surface area contributed by atoms with Crippen molar-refractivity contribution in [1.29, 1.82) is 0 Å². The Morgan fingerprint density at radius 1 is 1.25 bits per heavy atom. The number of nitrogens with one attached hydrogen (secondary N) is 1. The van der Waals surface area contributed by atoms with Crippen LogP contribution in [-0.4, -0.2) is 18.3 Å². The van der Waals surface area contributed by atoms with Gasteiger partial charge in [0.2, 0.25) is 5.91 Å². The molecule has 0 aliphatic heterocycles. The van der Waals surface area contributed by atoms with E-state index in [1.165, 1.54) is 0 Å². The van der Waals surface area contributed by atoms with E-state index in [4.69, 9.17) is 4.84 Å². The quantitative estimate of drug-likeness (QED) is 0.320. The molecule has 1 N–H and O–H groups in total. The molecule has 0 heterocycles. The van der Waals surface area contributed by atoms with Gasteiger partial charge in [-0.3, -0.25) is 4.79 Å². The molecule has 0 saturated heterocycles. The second kappa shape index (κ2) is 9.04. The van der Waals surface area contributed by atoms with E-state index in [-0.39, 0.29) is 18.2 Å². The molecule has 0 spiro atoms. The number of halogens is 2. The van der Waals surface area contributed by atoms with Crippen molar-refractivity contribution in [3.05, 3.63) is 65.6 Å². The van der Waals surface area contributed by atoms with Crippen LogP contribution in [0.25, 0.3) is 0 Å². The number of hydrogen-bond acceptors (Lipinski definition) is 3. The maximum Gasteiger partial charge on any atom is 0.229 e. The third kappa shape index (κ3) is 5.21. The Hall–Kier alpha value is -2.63. The number of hydrogen-bond donors (Lipinski definition) is 1. The van der Waals surface area contributed by atoms with Gasteiger partial charge in [-0.25, -0.2) is 8.78 Å². The number of nitrogens with zero attached hydrogens (tertiary/aromatic N) is 1. The van der Waals surface area contributed by atoms with Crippen LogP contribution < -0.4 is 5.32 Å². The zero-order valence-electron chi connectivity index (χ0n) is 16.1. The van der Waals surface area contributed by atoms with Crippen LogP contribution in [0, 0.1) is 23.7 Å². The summed E-state index contributed by atoms with van der Waals surface area (Å²) in [5.74, 6) is -2.37. The molecule has 6 heteroatoms. The molecule has 2 atom stereocenters. The fourth-order valence-corrected chi connectivity index (χ4v) is 3.12. The molecular formula is C22H25F2N2O2+. The molecular weight excluding hydrogens is 362 g/mol. The predicted octanol–water partition coefficient (Wildman–Crippen LogP) is 4.65. The van der Waals surface area contributed by atoms with Crippen molar-refractivity contribution in [1.82, 2.24) is 5.32 Å². The van der Waals surface area contributed by atoms with E-state index in [2.05, 4.69) is 10.5 Å². The summed E-state index contributed by atoms with van der Waals surface area (Å²) >= 11 is 0. The lowest BCUT2D eigenvalue weighted by Crippen LogP contribution is -2.41. The lowest BCUT2D eigenvalue weighted by atomic mass is 9.79. The van der Waals surface area contributed by atoms with Gasteiger partial charge in [0.05, 0.1) is 26.2 Å². The van der Waals surface area contributed by atoms with Crippen LogP contribution in [-0.2, 0) is 16.1 Å². The van der Waals surface area contributed by atoms with Gasteiger partial charge in [0.1, 0.15) is 18.4 Å². The Labute approximate surface area is 164 Å². The van der Waals surface area contributed by atoms with Crippen molar-refractivity contribution in [3.8, 4) is 0 Å². The van der Waals surface area contributed by atoms with E-state index >= 15 is 0 Å². The molecule has 2 aliphatic carbocycles. The van der Waals surface area contributed by atoms with E-state index in [1.54, 1.807) is 6.08 Å². The summed E-state index contributed by atoms with van der Waals surface area (Å²) in [7, 11) is 0. The van der Waals surface area contributed by atoms with Crippen molar-refractivity contribution in [2.24, 2.45) is 22.9 Å². The SMILES string of the molecule is C[C+](C)C1C=CC(F)=C(F)C1/C(=N/OCC1CC1)NC(=O)Cc1ccccc1. The van der Waals surface area contributed by atoms with Crippen LogP contribution in [0.15, 0.2) is 59.3 Å². The second-order valence-electron chi connectivity index (χ2n) is 7.56. The third-order valence-corrected chi connectivity index (χ3v) is 4.92. The number of carbonyl (C=O) groups is 1. The number of oxime groups is 1. The summed E-state index contributed by atoms with van der Waals surface area (Å²) in [6, 6.07) is 9.20. The summed E-state index contributed by atoms with van der Waals surface area (Å²) < 4.78 is 28.7. The van der Waals surface area contributed by atoms with Crippen LogP contribution in [0.4, 0.5) is 8.78 Å². The first-order valence-corrected chi connectivity index (χ1v) is 9.52. The minimum absolute atomic E-state index is 0.00443. The standard InChI is InChI=1S/C22H24F2N2O2/c1-14(2)17-10-11-18(23)21(24)20(17)22(26-28-13-16-8-9-16)25-19(27)12-15-6-4-3-5-7-15/h3-7,10-11,16-17,20H,8-9,12-13H2,1-2H3/p+1. The van der Waals surface area contributed by atoms with Crippen LogP contribution in [0.2, 0.25) is 0 Å². The van der Waals surface area contributed by atoms with Crippen molar-refractivity contribution in [2.75, 3.05) is 6.61 Å². The van der Waals surface area contributed by atoms with Crippen LogP contribution in [0.1, 0.15) is 32.3 Å². The van der Waals surface area contributed by atoms with Gasteiger partial charge in [-0.15, -0.1) is 0 Å². The van der Waals surface area contributed by atoms with Gasteiger partial charge in [0.25, 0.3) is 0 Å². The second-order valence-corrected chi connectivity index (χ2v) is 7.56. The molecule has 2 aliphatic rings. The van der Waals surface area contributed by atoms with E-state index < -0.39 is 23.5 Å². The molecule has 1 fully saturated rings. The number of allylic oxidation sites excluding steroid dienone is 3. The number of rotatable bonds is 7. The first-order valence-electron chi connectivity index (χ1n) is 9.52. The summed E-state index contributed by atoms with van der Waals surface area (Å²) in [6.45, 7) is 4.09. The van der Waals surface area contributed by atoms with Crippen molar-refractivity contribution < 1.29 is 18.4 Å². The van der Waals surface area contributed by atoms with Crippen LogP contribution in [0.5, 0.6) is 0 Å². The van der Waals surface area contributed by atoms with Gasteiger partial charge < -0.3 is 10.2 Å². The predicted molar refractivity (Wildman–Crippen MR) is 104 cm³/mol. The lowest BCUT2D eigenvalue weighted by molar-refractivity contribution is -0.119. The third-order valence-electron chi connectivity index (χ3n) is 4.92. The highest BCUT2D eigenvalue weighted by atomic mass is 19.2. The van der Waals surface area contributed by atoms with E-state index in [1.807, 2.05) is 44.2 Å². The molecule has 2 unspecified atom stereocenters. The molecule has 28 heavy (non-hydrogen) atoms. The van der Waals surface area contributed by atoms with Gasteiger partial charge in [-0.2, -0.15) is 0 Å². The number of benzene rings is 1. The Morgan fingerprint density at radius 3 is 2.61 bits per heavy atom. The molecule has 1 saturated carbocycles. The Kier molecular flexibility index (Phi) is 6.49. The smallest absolute Gasteiger partial charge is 0.229 e. The highest BCUT2D eigenvalue weighted by Crippen LogP contribution is 2.37. The van der Waals surface area contributed by atoms with Crippen molar-refractivity contribution in [3.63, 3.8) is 0 Å². The maximum atomic E-state index is 14.7. The molecule has 148 valence electrons. The monoisotopic (exact) mass is 387 g/mol. The summed E-state index contributed by atoms with van der Waals surface area (Å²) in [6.07, 6.45) is 4.98. The molecule has 0 aromatic heterocycles. The highest BCUT2D eigenvalue weighted by Gasteiger charge is 2.42. The van der Waals surface area contributed by atoms with Gasteiger partial charge in [0.15, 0.2) is 17.5 Å². The Bertz CT molecular complexity index is 783. The average Bonchev–Trinajstić information content (AvgIpc) is 3.48. The van der Waals surface area contributed by atoms with Gasteiger partial charge >= 0.3 is 0 Å². The van der Waals surface area contributed by atoms with Gasteiger partial charge in [0, 0.05) is 0 Å². The first kappa shape index (κ1) is 20.1. The van der Waals surface area contributed by atoms with Crippen LogP contribution >= 0.6 is 0 Å². The molecule has 0 radical (unpaired) electrons. The van der Waals surface area contributed by atoms with E-state index in [9.17, 15) is 13.6 Å². The molecule has 1 aromatic rings. The topological polar surface area (TPSA) is 50.7 Å². The maximum absolute atomic E-state index is 14.7. The summed E-state index contributed by atoms with van der Waals surface area (Å²) in [4.78, 5) is 17.9. The van der Waals surface area contributed by atoms with Gasteiger partial charge in [-0.1, -0.05) is 35.5 Å². The molecule has 0 bridgehead atoms. The Balaban J connectivity index is 1.80. The average molecular weight is 387 g/mol.